The molecule has 1 N–H and O–H groups in total. The minimum absolute atomic E-state index is 0.844. The van der Waals surface area contributed by atoms with Crippen LogP contribution in [0.15, 0.2) is 18.2 Å². The molecule has 1 saturated heterocycles. The van der Waals surface area contributed by atoms with E-state index in [9.17, 15) is 0 Å². The van der Waals surface area contributed by atoms with Crippen molar-refractivity contribution >= 4 is 23.0 Å². The molecule has 0 bridgehead atoms. The Labute approximate surface area is 89.9 Å². The van der Waals surface area contributed by atoms with Crippen LogP contribution < -0.4 is 10.2 Å². The molecule has 1 aliphatic heterocycles. The molecular formula is C11H15ClN2. The average Bonchev–Trinajstić information content (AvgIpc) is 2.71. The van der Waals surface area contributed by atoms with Gasteiger partial charge in [0.2, 0.25) is 0 Å². The van der Waals surface area contributed by atoms with E-state index in [-0.39, 0.29) is 0 Å². The predicted molar refractivity (Wildman–Crippen MR) is 62.4 cm³/mol. The summed E-state index contributed by atoms with van der Waals surface area (Å²) < 4.78 is 0. The molecule has 1 fully saturated rings. The van der Waals surface area contributed by atoms with Crippen LogP contribution in [0, 0.1) is 0 Å². The first-order valence-corrected chi connectivity index (χ1v) is 5.42. The van der Waals surface area contributed by atoms with Gasteiger partial charge in [-0.1, -0.05) is 17.7 Å². The molecule has 0 spiro atoms. The number of rotatable bonds is 2. The van der Waals surface area contributed by atoms with E-state index in [1.54, 1.807) is 0 Å². The molecule has 0 atom stereocenters. The summed E-state index contributed by atoms with van der Waals surface area (Å²) in [5.74, 6) is 0. The van der Waals surface area contributed by atoms with Crippen LogP contribution in [0.3, 0.4) is 0 Å². The fourth-order valence-corrected chi connectivity index (χ4v) is 2.26. The van der Waals surface area contributed by atoms with E-state index in [2.05, 4.69) is 16.3 Å². The fourth-order valence-electron chi connectivity index (χ4n) is 1.92. The first-order chi connectivity index (χ1) is 6.83. The Morgan fingerprint density at radius 3 is 2.64 bits per heavy atom. The molecule has 0 unspecified atom stereocenters. The molecule has 3 heteroatoms. The van der Waals surface area contributed by atoms with Gasteiger partial charge in [-0.15, -0.1) is 0 Å². The van der Waals surface area contributed by atoms with E-state index in [0.29, 0.717) is 0 Å². The lowest BCUT2D eigenvalue weighted by Gasteiger charge is -2.20. The molecule has 0 aromatic heterocycles. The molecule has 0 radical (unpaired) electrons. The molecule has 1 heterocycles. The average molecular weight is 211 g/mol. The lowest BCUT2D eigenvalue weighted by Crippen LogP contribution is -2.18. The second-order valence-corrected chi connectivity index (χ2v) is 3.96. The second-order valence-electron chi connectivity index (χ2n) is 3.58. The van der Waals surface area contributed by atoms with Crippen molar-refractivity contribution in [3.63, 3.8) is 0 Å². The highest BCUT2D eigenvalue weighted by molar-refractivity contribution is 6.35. The largest absolute Gasteiger partial charge is 0.387 e. The third-order valence-corrected chi connectivity index (χ3v) is 3.09. The zero-order valence-electron chi connectivity index (χ0n) is 8.39. The van der Waals surface area contributed by atoms with Gasteiger partial charge in [-0.05, 0) is 25.0 Å². The van der Waals surface area contributed by atoms with Crippen molar-refractivity contribution in [3.05, 3.63) is 23.2 Å². The molecule has 14 heavy (non-hydrogen) atoms. The van der Waals surface area contributed by atoms with Crippen molar-refractivity contribution in [2.24, 2.45) is 0 Å². The van der Waals surface area contributed by atoms with E-state index in [1.807, 2.05) is 19.2 Å². The smallest absolute Gasteiger partial charge is 0.0870 e. The maximum absolute atomic E-state index is 6.28. The molecule has 0 amide bonds. The minimum atomic E-state index is 0.844. The highest BCUT2D eigenvalue weighted by atomic mass is 35.5. The number of hydrogen-bond donors (Lipinski definition) is 1. The highest BCUT2D eigenvalue weighted by Gasteiger charge is 2.16. The summed E-state index contributed by atoms with van der Waals surface area (Å²) in [4.78, 5) is 2.35. The molecular weight excluding hydrogens is 196 g/mol. The van der Waals surface area contributed by atoms with E-state index >= 15 is 0 Å². The monoisotopic (exact) mass is 210 g/mol. The van der Waals surface area contributed by atoms with Crippen molar-refractivity contribution in [2.45, 2.75) is 12.8 Å². The van der Waals surface area contributed by atoms with Crippen LogP contribution in [-0.4, -0.2) is 20.1 Å². The van der Waals surface area contributed by atoms with Crippen LogP contribution in [0.2, 0.25) is 5.02 Å². The summed E-state index contributed by atoms with van der Waals surface area (Å²) in [5, 5.41) is 3.94. The van der Waals surface area contributed by atoms with Gasteiger partial charge in [0, 0.05) is 20.1 Å². The number of nitrogens with one attached hydrogen (secondary N) is 1. The second kappa shape index (κ2) is 4.09. The van der Waals surface area contributed by atoms with E-state index < -0.39 is 0 Å². The quantitative estimate of drug-likeness (QED) is 0.808. The van der Waals surface area contributed by atoms with E-state index in [4.69, 9.17) is 11.6 Å². The van der Waals surface area contributed by atoms with Crippen LogP contribution in [0.25, 0.3) is 0 Å². The lowest BCUT2D eigenvalue weighted by atomic mass is 10.2. The summed E-state index contributed by atoms with van der Waals surface area (Å²) in [5.41, 5.74) is 2.17. The molecule has 2 rings (SSSR count). The molecule has 0 aliphatic carbocycles. The third-order valence-electron chi connectivity index (χ3n) is 2.69. The topological polar surface area (TPSA) is 15.3 Å². The SMILES string of the molecule is CNc1cccc(N2CCCC2)c1Cl. The van der Waals surface area contributed by atoms with Crippen LogP contribution in [-0.2, 0) is 0 Å². The normalized spacial score (nSPS) is 16.0. The lowest BCUT2D eigenvalue weighted by molar-refractivity contribution is 0.949. The van der Waals surface area contributed by atoms with E-state index in [0.717, 1.165) is 29.5 Å². The number of nitrogens with zero attached hydrogens (tertiary/aromatic N) is 1. The van der Waals surface area contributed by atoms with Gasteiger partial charge in [-0.25, -0.2) is 0 Å². The predicted octanol–water partition coefficient (Wildman–Crippen LogP) is 2.98. The van der Waals surface area contributed by atoms with E-state index in [1.165, 1.54) is 12.8 Å². The Hall–Kier alpha value is -0.890. The van der Waals surface area contributed by atoms with Crippen LogP contribution in [0.5, 0.6) is 0 Å². The summed E-state index contributed by atoms with van der Waals surface area (Å²) in [6.07, 6.45) is 2.56. The molecule has 1 aromatic carbocycles. The van der Waals surface area contributed by atoms with Crippen LogP contribution >= 0.6 is 11.6 Å². The van der Waals surface area contributed by atoms with Gasteiger partial charge < -0.3 is 10.2 Å². The summed E-state index contributed by atoms with van der Waals surface area (Å²) in [7, 11) is 1.90. The Kier molecular flexibility index (Phi) is 2.82. The highest BCUT2D eigenvalue weighted by Crippen LogP contribution is 2.34. The summed E-state index contributed by atoms with van der Waals surface area (Å²) >= 11 is 6.28. The molecule has 76 valence electrons. The van der Waals surface area contributed by atoms with Gasteiger partial charge in [-0.3, -0.25) is 0 Å². The summed E-state index contributed by atoms with van der Waals surface area (Å²) in [6.45, 7) is 2.26. The molecule has 2 nitrogen and oxygen atoms in total. The Morgan fingerprint density at radius 2 is 2.00 bits per heavy atom. The third kappa shape index (κ3) is 1.67. The van der Waals surface area contributed by atoms with Crippen molar-refractivity contribution < 1.29 is 0 Å². The van der Waals surface area contributed by atoms with Crippen LogP contribution in [0.4, 0.5) is 11.4 Å². The first kappa shape index (κ1) is 9.66. The standard InChI is InChI=1S/C11H15ClN2/c1-13-9-5-4-6-10(11(9)12)14-7-2-3-8-14/h4-6,13H,2-3,7-8H2,1H3. The van der Waals surface area contributed by atoms with Crippen molar-refractivity contribution in [1.29, 1.82) is 0 Å². The van der Waals surface area contributed by atoms with Gasteiger partial charge in [-0.2, -0.15) is 0 Å². The maximum atomic E-state index is 6.28. The first-order valence-electron chi connectivity index (χ1n) is 5.04. The number of anilines is 2. The van der Waals surface area contributed by atoms with Gasteiger partial charge in [0.1, 0.15) is 0 Å². The number of benzene rings is 1. The van der Waals surface area contributed by atoms with Crippen LogP contribution in [0.1, 0.15) is 12.8 Å². The molecule has 0 saturated carbocycles. The molecule has 1 aromatic rings. The zero-order valence-corrected chi connectivity index (χ0v) is 9.14. The van der Waals surface area contributed by atoms with Gasteiger partial charge >= 0.3 is 0 Å². The van der Waals surface area contributed by atoms with Gasteiger partial charge in [0.25, 0.3) is 0 Å². The minimum Gasteiger partial charge on any atom is -0.387 e. The number of hydrogen-bond acceptors (Lipinski definition) is 2. The Morgan fingerprint density at radius 1 is 1.29 bits per heavy atom. The Balaban J connectivity index is 2.32. The van der Waals surface area contributed by atoms with Crippen molar-refractivity contribution in [1.82, 2.24) is 0 Å². The fraction of sp³-hybridized carbons (Fsp3) is 0.455. The number of halogens is 1. The van der Waals surface area contributed by atoms with Crippen molar-refractivity contribution in [2.75, 3.05) is 30.4 Å². The van der Waals surface area contributed by atoms with Gasteiger partial charge in [0.05, 0.1) is 16.4 Å². The molecule has 1 aliphatic rings. The Bertz CT molecular complexity index is 319. The summed E-state index contributed by atoms with van der Waals surface area (Å²) in [6, 6.07) is 6.14. The van der Waals surface area contributed by atoms with Crippen molar-refractivity contribution in [3.8, 4) is 0 Å². The van der Waals surface area contributed by atoms with Gasteiger partial charge in [0.15, 0.2) is 0 Å². The maximum Gasteiger partial charge on any atom is 0.0870 e. The zero-order chi connectivity index (χ0) is 9.97.